The predicted octanol–water partition coefficient (Wildman–Crippen LogP) is 18.3. The lowest BCUT2D eigenvalue weighted by Gasteiger charge is -2.20. The number of carbonyl (C=O) groups is 10. The summed E-state index contributed by atoms with van der Waals surface area (Å²) in [5.41, 5.74) is 17.6. The number of methoxy groups -OCH3 is 2. The Labute approximate surface area is 660 Å². The lowest BCUT2D eigenvalue weighted by atomic mass is 9.93. The zero-order valence-electron chi connectivity index (χ0n) is 61.5. The Hall–Kier alpha value is -13.0. The molecule has 112 heavy (non-hydrogen) atoms. The summed E-state index contributed by atoms with van der Waals surface area (Å²) in [6.07, 6.45) is 8.99. The lowest BCUT2D eigenvalue weighted by molar-refractivity contribution is -0.113. The molecule has 5 aliphatic heterocycles. The lowest BCUT2D eigenvalue weighted by Crippen LogP contribution is -2.23. The van der Waals surface area contributed by atoms with Crippen LogP contribution in [0.3, 0.4) is 0 Å². The van der Waals surface area contributed by atoms with Crippen LogP contribution >= 0.6 is 34.8 Å². The van der Waals surface area contributed by atoms with Crippen molar-refractivity contribution < 1.29 is 61.8 Å². The Morgan fingerprint density at radius 1 is 0.312 bits per heavy atom. The highest BCUT2D eigenvalue weighted by Crippen LogP contribution is 2.36. The van der Waals surface area contributed by atoms with Gasteiger partial charge in [0.25, 0.3) is 29.5 Å². The summed E-state index contributed by atoms with van der Waals surface area (Å²) in [6.45, 7) is 8.12. The molecule has 10 aromatic rings. The number of anilines is 5. The van der Waals surface area contributed by atoms with Gasteiger partial charge in [-0.3, -0.25) is 47.9 Å². The van der Waals surface area contributed by atoms with Crippen molar-refractivity contribution in [3.63, 3.8) is 0 Å². The maximum Gasteiger partial charge on any atom is 0.252 e. The third-order valence-electron chi connectivity index (χ3n) is 18.8. The highest BCUT2D eigenvalue weighted by atomic mass is 35.5. The van der Waals surface area contributed by atoms with Crippen LogP contribution in [-0.4, -0.2) is 72.7 Å². The van der Waals surface area contributed by atoms with Crippen molar-refractivity contribution in [2.24, 2.45) is 0 Å². The summed E-state index contributed by atoms with van der Waals surface area (Å²) < 4.78 is 23.3. The van der Waals surface area contributed by atoms with Crippen molar-refractivity contribution in [1.82, 2.24) is 0 Å². The molecule has 0 bridgehead atoms. The first-order valence-corrected chi connectivity index (χ1v) is 36.4. The minimum Gasteiger partial charge on any atom is -0.497 e. The van der Waals surface area contributed by atoms with E-state index in [-0.39, 0.29) is 58.5 Å². The Morgan fingerprint density at radius 3 is 0.920 bits per heavy atom. The molecule has 0 saturated heterocycles. The molecule has 0 atom stereocenters. The van der Waals surface area contributed by atoms with Crippen LogP contribution in [-0.2, 0) is 56.1 Å². The van der Waals surface area contributed by atoms with Crippen LogP contribution in [0.2, 0.25) is 15.1 Å². The summed E-state index contributed by atoms with van der Waals surface area (Å²) in [5, 5.41) is 15.2. The number of aryl methyl sites for hydroxylation is 4. The van der Waals surface area contributed by atoms with Crippen LogP contribution in [0.4, 0.5) is 32.8 Å². The van der Waals surface area contributed by atoms with Gasteiger partial charge in [0.05, 0.1) is 24.3 Å². The van der Waals surface area contributed by atoms with E-state index in [0.717, 1.165) is 50.3 Å². The van der Waals surface area contributed by atoms with Crippen molar-refractivity contribution >= 4 is 122 Å². The molecule has 0 fully saturated rings. The van der Waals surface area contributed by atoms with Gasteiger partial charge < -0.3 is 36.1 Å². The van der Waals surface area contributed by atoms with E-state index in [9.17, 15) is 52.3 Å². The number of rotatable bonds is 12. The summed E-state index contributed by atoms with van der Waals surface area (Å²) in [4.78, 5) is 122. The molecule has 0 radical (unpaired) electrons. The highest BCUT2D eigenvalue weighted by molar-refractivity contribution is 6.42. The molecule has 0 saturated carbocycles. The van der Waals surface area contributed by atoms with Crippen molar-refractivity contribution in [2.75, 3.05) is 40.8 Å². The second-order valence-electron chi connectivity index (χ2n) is 26.6. The number of ether oxygens (including phenoxy) is 2. The fourth-order valence-electron chi connectivity index (χ4n) is 12.3. The first-order chi connectivity index (χ1) is 53.8. The third kappa shape index (κ3) is 20.5. The Balaban J connectivity index is 0.000000139. The molecule has 0 spiro atoms. The van der Waals surface area contributed by atoms with Gasteiger partial charge in [-0.25, -0.2) is 4.39 Å². The minimum absolute atomic E-state index is 0.141. The first-order valence-electron chi connectivity index (χ1n) is 35.3. The van der Waals surface area contributed by atoms with Gasteiger partial charge in [-0.15, -0.1) is 0 Å². The Kier molecular flexibility index (Phi) is 26.1. The molecule has 562 valence electrons. The van der Waals surface area contributed by atoms with Gasteiger partial charge in [0.15, 0.2) is 28.9 Å². The van der Waals surface area contributed by atoms with E-state index < -0.39 is 5.82 Å². The van der Waals surface area contributed by atoms with Gasteiger partial charge in [0, 0.05) is 121 Å². The van der Waals surface area contributed by atoms with E-state index in [1.165, 1.54) is 53.6 Å². The van der Waals surface area contributed by atoms with E-state index in [2.05, 4.69) is 38.7 Å². The standard InChI is InChI=1S/C20H19NO3.C19H17NO2.C18H13Cl2NO3.C17H12ClNO2.C17H12FNO2/c1-12-8-15-10-16(20(23)21-18(15)9-13(12)2)11-19(22)14-4-6-17(24-3)7-5-14;1-12-8-15-10-16(19(22)20-17(15)9-13(12)2)11-18(21)14-6-4-3-5-7-14;1-24-13-4-2-10(3-5-13)17(22)8-12-6-11-7-14(19)15(20)9-16(11)21-18(12)23;2*18-14-7-6-12-8-13(17(21)19-15(12)10-14)9-16(20)11-4-2-1-3-5-11/h4-9,11H,10H2,1-3H3,(H,21,23);3-9,11H,10H2,1-2H3,(H,20,22);2-5,7-9H,6H2,1H3,(H,21,23);2*1-7,9-10H,8H2,(H,19,21)/b2*16-11+;12-8+;2*13-9+. The normalized spacial score (nSPS) is 15.2. The van der Waals surface area contributed by atoms with Crippen molar-refractivity contribution in [1.29, 1.82) is 0 Å². The molecule has 15 rings (SSSR count). The van der Waals surface area contributed by atoms with Crippen molar-refractivity contribution in [3.8, 4) is 11.5 Å². The van der Waals surface area contributed by atoms with Gasteiger partial charge in [-0.2, -0.15) is 0 Å². The van der Waals surface area contributed by atoms with Gasteiger partial charge in [-0.1, -0.05) is 150 Å². The van der Waals surface area contributed by atoms with Crippen LogP contribution in [0.15, 0.2) is 271 Å². The number of nitrogens with one attached hydrogen (secondary N) is 5. The maximum atomic E-state index is 13.1. The van der Waals surface area contributed by atoms with E-state index in [1.54, 1.807) is 154 Å². The number of amides is 5. The zero-order chi connectivity index (χ0) is 79.9. The zero-order valence-corrected chi connectivity index (χ0v) is 63.8. The van der Waals surface area contributed by atoms with Gasteiger partial charge in [-0.05, 0) is 205 Å². The summed E-state index contributed by atoms with van der Waals surface area (Å²) in [6, 6.07) is 61.2. The average Bonchev–Trinajstić information content (AvgIpc) is 0.805. The second-order valence-corrected chi connectivity index (χ2v) is 27.8. The Bertz CT molecular complexity index is 5320. The number of allylic oxidation sites excluding steroid dienone is 5. The molecule has 17 nitrogen and oxygen atoms in total. The van der Waals surface area contributed by atoms with Gasteiger partial charge in [0.2, 0.25) is 0 Å². The van der Waals surface area contributed by atoms with E-state index in [1.807, 2.05) is 76.2 Å². The minimum atomic E-state index is -0.401. The molecule has 5 aliphatic rings. The first kappa shape index (κ1) is 80.0. The average molecular weight is 1550 g/mol. The summed E-state index contributed by atoms with van der Waals surface area (Å²) >= 11 is 17.9. The molecule has 5 N–H and O–H groups in total. The number of fused-ring (bicyclic) bond motifs is 5. The third-order valence-corrected chi connectivity index (χ3v) is 19.7. The van der Waals surface area contributed by atoms with Crippen LogP contribution in [0.1, 0.15) is 102 Å². The topological polar surface area (TPSA) is 249 Å². The van der Waals surface area contributed by atoms with Crippen LogP contribution in [0.5, 0.6) is 11.5 Å². The maximum absolute atomic E-state index is 13.1. The monoisotopic (exact) mass is 1550 g/mol. The predicted molar refractivity (Wildman–Crippen MR) is 435 cm³/mol. The Morgan fingerprint density at radius 2 is 0.580 bits per heavy atom. The molecule has 0 aromatic heterocycles. The number of benzene rings is 10. The highest BCUT2D eigenvalue weighted by Gasteiger charge is 2.28. The van der Waals surface area contributed by atoms with Crippen molar-refractivity contribution in [3.05, 3.63) is 369 Å². The van der Waals surface area contributed by atoms with Crippen LogP contribution in [0.25, 0.3) is 0 Å². The number of carbonyl (C=O) groups excluding carboxylic acids is 10. The SMILES string of the molecule is COc1ccc(C(=O)/C=C2\Cc3cc(C)c(C)cc3NC2=O)cc1.COc1ccc(C(=O)/C=C2\Cc3cc(Cl)c(Cl)cc3NC2=O)cc1.Cc1cc2c(cc1C)NC(=O)/C(=C/C(=O)c1ccccc1)C2.O=C1Nc2cc(Cl)ccc2C/C1=C\C(=O)c1ccccc1.O=C1Nc2cc(F)ccc2C/C1=C\C(=O)c1ccccc1. The van der Waals surface area contributed by atoms with Gasteiger partial charge >= 0.3 is 0 Å². The molecule has 0 unspecified atom stereocenters. The second kappa shape index (κ2) is 36.5. The quantitative estimate of drug-likeness (QED) is 0.0566. The summed E-state index contributed by atoms with van der Waals surface area (Å²) in [7, 11) is 3.13. The molecule has 21 heteroatoms. The van der Waals surface area contributed by atoms with E-state index in [0.29, 0.717) is 131 Å². The fourth-order valence-corrected chi connectivity index (χ4v) is 12.8. The molecule has 0 aliphatic carbocycles. The molecule has 5 amide bonds. The van der Waals surface area contributed by atoms with E-state index in [4.69, 9.17) is 44.3 Å². The fraction of sp³-hybridized carbons (Fsp3) is 0.121. The van der Waals surface area contributed by atoms with E-state index >= 15 is 0 Å². The number of hydrogen-bond donors (Lipinski definition) is 5. The van der Waals surface area contributed by atoms with Gasteiger partial charge in [0.1, 0.15) is 17.3 Å². The molecular formula is C91H73Cl3FN5O12. The van der Waals surface area contributed by atoms with Crippen LogP contribution in [0, 0.1) is 33.5 Å². The van der Waals surface area contributed by atoms with Crippen LogP contribution < -0.4 is 36.1 Å². The number of halogens is 4. The largest absolute Gasteiger partial charge is 0.497 e. The molecule has 5 heterocycles. The smallest absolute Gasteiger partial charge is 0.252 e. The summed E-state index contributed by atoms with van der Waals surface area (Å²) in [5.74, 6) is -1.35. The number of hydrogen-bond acceptors (Lipinski definition) is 12. The number of ketones is 5. The molecule has 10 aromatic carbocycles. The van der Waals surface area contributed by atoms with Crippen molar-refractivity contribution in [2.45, 2.75) is 59.8 Å². The molecular weight excluding hydrogens is 1480 g/mol.